The molecule has 5 aromatic carbocycles. The van der Waals surface area contributed by atoms with Crippen LogP contribution in [0.4, 0.5) is 8.78 Å². The molecule has 11 nitrogen and oxygen atoms in total. The van der Waals surface area contributed by atoms with Crippen molar-refractivity contribution in [3.63, 3.8) is 0 Å². The summed E-state index contributed by atoms with van der Waals surface area (Å²) in [4.78, 5) is 46.4. The number of hydrogen-bond donors (Lipinski definition) is 3. The molecule has 1 atom stereocenters. The average molecular weight is 799 g/mol. The van der Waals surface area contributed by atoms with Crippen molar-refractivity contribution in [1.82, 2.24) is 10.3 Å². The molecule has 1 unspecified atom stereocenters. The van der Waals surface area contributed by atoms with Crippen LogP contribution in [0.5, 0.6) is 5.75 Å². The van der Waals surface area contributed by atoms with Gasteiger partial charge in [-0.25, -0.2) is 9.59 Å². The third-order valence-corrected chi connectivity index (χ3v) is 10.1. The van der Waals surface area contributed by atoms with Crippen LogP contribution in [0.15, 0.2) is 121 Å². The van der Waals surface area contributed by atoms with Gasteiger partial charge in [-0.1, -0.05) is 96.2 Å². The number of nitrogens with one attached hydrogen (secondary N) is 1. The number of aromatic amines is 1. The maximum atomic E-state index is 14.8. The summed E-state index contributed by atoms with van der Waals surface area (Å²) < 4.78 is 60.0. The van der Waals surface area contributed by atoms with Crippen molar-refractivity contribution in [2.24, 2.45) is 0 Å². The van der Waals surface area contributed by atoms with E-state index in [0.717, 1.165) is 17.7 Å². The van der Waals surface area contributed by atoms with Crippen molar-refractivity contribution in [3.05, 3.63) is 149 Å². The number of esters is 2. The number of alkyl halides is 2. The highest BCUT2D eigenvalue weighted by molar-refractivity contribution is 7.52. The Morgan fingerprint density at radius 3 is 2.07 bits per heavy atom. The maximum absolute atomic E-state index is 14.8. The average Bonchev–Trinajstić information content (AvgIpc) is 3.60. The number of rotatable bonds is 13. The summed E-state index contributed by atoms with van der Waals surface area (Å²) in [5, 5.41) is 7.40. The Morgan fingerprint density at radius 1 is 0.807 bits per heavy atom. The quantitative estimate of drug-likeness (QED) is 0.0597. The van der Waals surface area contributed by atoms with Gasteiger partial charge in [0.1, 0.15) is 18.0 Å². The number of para-hydroxylation sites is 2. The number of aromatic nitrogens is 3. The molecule has 296 valence electrons. The van der Waals surface area contributed by atoms with Gasteiger partial charge in [0.25, 0.3) is 5.54 Å². The second-order valence-electron chi connectivity index (χ2n) is 14.9. The van der Waals surface area contributed by atoms with Crippen LogP contribution in [-0.4, -0.2) is 43.7 Å². The smallest absolute Gasteiger partial charge is 0.399 e. The molecule has 1 heterocycles. The van der Waals surface area contributed by atoms with Gasteiger partial charge in [-0.05, 0) is 87.2 Å². The van der Waals surface area contributed by atoms with Gasteiger partial charge < -0.3 is 24.0 Å². The van der Waals surface area contributed by atoms with Crippen LogP contribution in [0, 0.1) is 0 Å². The minimum absolute atomic E-state index is 0.123. The van der Waals surface area contributed by atoms with Gasteiger partial charge in [0.15, 0.2) is 0 Å². The Kier molecular flexibility index (Phi) is 11.5. The molecule has 6 aromatic rings. The lowest BCUT2D eigenvalue weighted by atomic mass is 9.83. The predicted molar refractivity (Wildman–Crippen MR) is 208 cm³/mol. The van der Waals surface area contributed by atoms with Crippen molar-refractivity contribution in [1.29, 1.82) is 0 Å². The normalized spacial score (nSPS) is 13.3. The predicted octanol–water partition coefficient (Wildman–Crippen LogP) is 8.22. The number of carbonyl (C=O) groups excluding carboxylic acids is 2. The summed E-state index contributed by atoms with van der Waals surface area (Å²) in [6, 6.07) is 32.9. The summed E-state index contributed by atoms with van der Waals surface area (Å²) in [6.07, 6.45) is -0.260. The molecular formula is C43H43F2N3O8P+. The van der Waals surface area contributed by atoms with Gasteiger partial charge >= 0.3 is 25.2 Å². The molecule has 0 aliphatic heterocycles. The van der Waals surface area contributed by atoms with Crippen molar-refractivity contribution in [3.8, 4) is 16.9 Å². The third kappa shape index (κ3) is 8.96. The molecule has 0 fully saturated rings. The fourth-order valence-corrected chi connectivity index (χ4v) is 6.90. The first-order valence-corrected chi connectivity index (χ1v) is 19.7. The number of halogens is 2. The molecule has 14 heteroatoms. The lowest BCUT2D eigenvalue weighted by Gasteiger charge is -2.29. The van der Waals surface area contributed by atoms with Crippen molar-refractivity contribution in [2.45, 2.75) is 70.6 Å². The van der Waals surface area contributed by atoms with E-state index in [1.807, 2.05) is 32.0 Å². The fourth-order valence-electron chi connectivity index (χ4n) is 6.41. The van der Waals surface area contributed by atoms with E-state index in [1.54, 1.807) is 104 Å². The molecule has 0 bridgehead atoms. The van der Waals surface area contributed by atoms with E-state index in [1.165, 1.54) is 12.1 Å². The van der Waals surface area contributed by atoms with Gasteiger partial charge in [-0.3, -0.25) is 4.57 Å². The molecule has 6 rings (SSSR count). The number of ether oxygens (including phenoxy) is 3. The van der Waals surface area contributed by atoms with E-state index in [2.05, 4.69) is 10.3 Å². The molecule has 0 radical (unpaired) electrons. The number of H-pyrrole nitrogens is 1. The van der Waals surface area contributed by atoms with Crippen LogP contribution < -0.4 is 9.42 Å². The van der Waals surface area contributed by atoms with Crippen molar-refractivity contribution < 1.29 is 51.6 Å². The molecule has 0 saturated carbocycles. The fraction of sp³-hybridized carbons (Fsp3) is 0.256. The number of benzene rings is 5. The van der Waals surface area contributed by atoms with Crippen LogP contribution in [0.25, 0.3) is 22.2 Å². The number of fused-ring (bicyclic) bond motifs is 1. The summed E-state index contributed by atoms with van der Waals surface area (Å²) in [6.45, 7) is 9.03. The first kappa shape index (κ1) is 40.9. The van der Waals surface area contributed by atoms with E-state index in [9.17, 15) is 32.7 Å². The zero-order valence-corrected chi connectivity index (χ0v) is 32.9. The first-order valence-electron chi connectivity index (χ1n) is 18.1. The minimum atomic E-state index is -5.81. The Labute approximate surface area is 328 Å². The standard InChI is InChI=1S/C43H42F2N3O8P/c1-28(2)55-36-24-32(23-33(25-36)39(49)56-41(3,4)5)31-19-15-30(16-20-31)27-54-40(50)42(34-11-7-6-8-12-34,48-38-14-10-9-13-37(38)46-47-48)26-29-17-21-35(22-18-29)43(44,45)57(51,52)53/h6-25,28H,26-27H2,1-5H3,(H2,51,52,53)/p+1. The Morgan fingerprint density at radius 2 is 1.44 bits per heavy atom. The van der Waals surface area contributed by atoms with Crippen LogP contribution in [0.2, 0.25) is 0 Å². The van der Waals surface area contributed by atoms with E-state index in [4.69, 9.17) is 14.2 Å². The highest BCUT2D eigenvalue weighted by atomic mass is 31.2. The SMILES string of the molecule is CC(C)Oc1cc(C(=O)OC(C)(C)C)cc(-c2ccc(COC(=O)C(Cc3ccc(C(F)(F)P(=O)(O)O)cc3)(c3ccccc3)[n+]3[nH]nc4ccccc43)cc2)c1. The van der Waals surface area contributed by atoms with Crippen LogP contribution in [0.3, 0.4) is 0 Å². The number of carbonyl (C=O) groups is 2. The molecule has 3 N–H and O–H groups in total. The number of hydrogen-bond acceptors (Lipinski definition) is 7. The molecular weight excluding hydrogens is 755 g/mol. The molecule has 0 spiro atoms. The summed E-state index contributed by atoms with van der Waals surface area (Å²) in [5.74, 6) is -0.670. The van der Waals surface area contributed by atoms with Gasteiger partial charge in [0.2, 0.25) is 11.0 Å². The van der Waals surface area contributed by atoms with Gasteiger partial charge in [-0.2, -0.15) is 8.78 Å². The minimum Gasteiger partial charge on any atom is -0.491 e. The lowest BCUT2D eigenvalue weighted by Crippen LogP contribution is -2.65. The van der Waals surface area contributed by atoms with Crippen LogP contribution in [-0.2, 0) is 43.1 Å². The van der Waals surface area contributed by atoms with Gasteiger partial charge in [0.05, 0.1) is 11.7 Å². The summed E-state index contributed by atoms with van der Waals surface area (Å²) in [5.41, 5.74) is -3.15. The molecule has 1 aromatic heterocycles. The van der Waals surface area contributed by atoms with Gasteiger partial charge in [-0.15, -0.1) is 4.68 Å². The van der Waals surface area contributed by atoms with Crippen LogP contribution in [0.1, 0.15) is 67.2 Å². The van der Waals surface area contributed by atoms with Crippen molar-refractivity contribution in [2.75, 3.05) is 0 Å². The van der Waals surface area contributed by atoms with E-state index in [0.29, 0.717) is 44.6 Å². The van der Waals surface area contributed by atoms with E-state index < -0.39 is 41.9 Å². The molecule has 0 saturated heterocycles. The van der Waals surface area contributed by atoms with Crippen LogP contribution >= 0.6 is 7.60 Å². The summed E-state index contributed by atoms with van der Waals surface area (Å²) >= 11 is 0. The summed E-state index contributed by atoms with van der Waals surface area (Å²) in [7, 11) is -5.81. The molecule has 57 heavy (non-hydrogen) atoms. The maximum Gasteiger partial charge on any atom is 0.399 e. The highest BCUT2D eigenvalue weighted by Gasteiger charge is 2.52. The second kappa shape index (κ2) is 16.0. The highest BCUT2D eigenvalue weighted by Crippen LogP contribution is 2.59. The molecule has 0 aliphatic rings. The topological polar surface area (TPSA) is 152 Å². The monoisotopic (exact) mass is 798 g/mol. The largest absolute Gasteiger partial charge is 0.491 e. The molecule has 0 amide bonds. The first-order chi connectivity index (χ1) is 26.9. The van der Waals surface area contributed by atoms with Gasteiger partial charge in [0, 0.05) is 22.6 Å². The van der Waals surface area contributed by atoms with E-state index in [-0.39, 0.29) is 19.1 Å². The van der Waals surface area contributed by atoms with E-state index >= 15 is 0 Å². The number of nitrogens with zero attached hydrogens (tertiary/aromatic N) is 2. The zero-order valence-electron chi connectivity index (χ0n) is 32.0. The lowest BCUT2D eigenvalue weighted by molar-refractivity contribution is -0.771. The zero-order chi connectivity index (χ0) is 41.2. The van der Waals surface area contributed by atoms with Crippen molar-refractivity contribution >= 4 is 30.6 Å². The Balaban J connectivity index is 1.35. The Hall–Kier alpha value is -5.75. The second-order valence-corrected chi connectivity index (χ2v) is 16.6. The Bertz CT molecular complexity index is 2430. The molecule has 0 aliphatic carbocycles. The third-order valence-electron chi connectivity index (χ3n) is 9.06.